The third-order valence-corrected chi connectivity index (χ3v) is 3.10. The highest BCUT2D eigenvalue weighted by molar-refractivity contribution is 7.98. The van der Waals surface area contributed by atoms with E-state index in [1.807, 2.05) is 6.07 Å². The number of hydrogen-bond acceptors (Lipinski definition) is 5. The Morgan fingerprint density at radius 2 is 2.29 bits per heavy atom. The van der Waals surface area contributed by atoms with E-state index >= 15 is 0 Å². The largest absolute Gasteiger partial charge is 0.440 e. The molecular formula is C12H15N3OS. The number of oxazole rings is 1. The zero-order valence-corrected chi connectivity index (χ0v) is 10.5. The first-order chi connectivity index (χ1) is 8.40. The predicted molar refractivity (Wildman–Crippen MR) is 69.1 cm³/mol. The Hall–Kier alpha value is -1.49. The summed E-state index contributed by atoms with van der Waals surface area (Å²) in [6, 6.07) is 4.02. The van der Waals surface area contributed by atoms with E-state index in [9.17, 15) is 0 Å². The fourth-order valence-corrected chi connectivity index (χ4v) is 2.15. The quantitative estimate of drug-likeness (QED) is 0.797. The minimum absolute atomic E-state index is 0.690. The van der Waals surface area contributed by atoms with Crippen molar-refractivity contribution in [2.75, 3.05) is 11.9 Å². The van der Waals surface area contributed by atoms with E-state index in [2.05, 4.69) is 28.3 Å². The average molecular weight is 249 g/mol. The van der Waals surface area contributed by atoms with Crippen molar-refractivity contribution in [1.29, 1.82) is 0 Å². The number of rotatable bonds is 6. The lowest BCUT2D eigenvalue weighted by atomic mass is 10.3. The van der Waals surface area contributed by atoms with Crippen LogP contribution >= 0.6 is 11.8 Å². The molecular weight excluding hydrogens is 234 g/mol. The first-order valence-corrected chi connectivity index (χ1v) is 6.58. The SMILES string of the molecule is CCCNc1ncccc1CSc1ncco1. The van der Waals surface area contributed by atoms with Gasteiger partial charge in [-0.3, -0.25) is 0 Å². The zero-order chi connectivity index (χ0) is 11.9. The first-order valence-electron chi connectivity index (χ1n) is 5.60. The van der Waals surface area contributed by atoms with E-state index in [1.165, 1.54) is 5.56 Å². The molecule has 2 aromatic rings. The lowest BCUT2D eigenvalue weighted by molar-refractivity contribution is 0.454. The molecule has 0 radical (unpaired) electrons. The molecule has 0 unspecified atom stereocenters. The minimum atomic E-state index is 0.690. The van der Waals surface area contributed by atoms with Crippen molar-refractivity contribution in [2.45, 2.75) is 24.3 Å². The van der Waals surface area contributed by atoms with Crippen LogP contribution in [0.2, 0.25) is 0 Å². The van der Waals surface area contributed by atoms with Crippen molar-refractivity contribution in [3.05, 3.63) is 36.4 Å². The van der Waals surface area contributed by atoms with Crippen LogP contribution in [-0.2, 0) is 5.75 Å². The van der Waals surface area contributed by atoms with E-state index in [-0.39, 0.29) is 0 Å². The van der Waals surface area contributed by atoms with Crippen LogP contribution in [-0.4, -0.2) is 16.5 Å². The molecule has 0 atom stereocenters. The molecule has 0 fully saturated rings. The second-order valence-electron chi connectivity index (χ2n) is 3.52. The number of hydrogen-bond donors (Lipinski definition) is 1. The molecule has 4 nitrogen and oxygen atoms in total. The Kier molecular flexibility index (Phi) is 4.44. The molecule has 0 saturated heterocycles. The van der Waals surface area contributed by atoms with Gasteiger partial charge in [0, 0.05) is 24.1 Å². The van der Waals surface area contributed by atoms with Crippen LogP contribution in [0.15, 0.2) is 40.4 Å². The molecule has 1 N–H and O–H groups in total. The monoisotopic (exact) mass is 249 g/mol. The van der Waals surface area contributed by atoms with Gasteiger partial charge in [0.15, 0.2) is 0 Å². The fourth-order valence-electron chi connectivity index (χ4n) is 1.38. The van der Waals surface area contributed by atoms with Gasteiger partial charge in [-0.2, -0.15) is 0 Å². The topological polar surface area (TPSA) is 51.0 Å². The molecule has 0 bridgehead atoms. The summed E-state index contributed by atoms with van der Waals surface area (Å²) < 4.78 is 5.19. The minimum Gasteiger partial charge on any atom is -0.440 e. The van der Waals surface area contributed by atoms with Gasteiger partial charge in [-0.05, 0) is 12.5 Å². The Morgan fingerprint density at radius 1 is 1.35 bits per heavy atom. The molecule has 17 heavy (non-hydrogen) atoms. The van der Waals surface area contributed by atoms with E-state index in [0.29, 0.717) is 5.22 Å². The number of pyridine rings is 1. The highest BCUT2D eigenvalue weighted by atomic mass is 32.2. The van der Waals surface area contributed by atoms with Crippen molar-refractivity contribution in [1.82, 2.24) is 9.97 Å². The molecule has 5 heteroatoms. The van der Waals surface area contributed by atoms with Crippen LogP contribution in [0.25, 0.3) is 0 Å². The zero-order valence-electron chi connectivity index (χ0n) is 9.72. The maximum atomic E-state index is 5.19. The highest BCUT2D eigenvalue weighted by Crippen LogP contribution is 2.24. The average Bonchev–Trinajstić information content (AvgIpc) is 2.88. The van der Waals surface area contributed by atoms with Crippen LogP contribution in [0.5, 0.6) is 0 Å². The fraction of sp³-hybridized carbons (Fsp3) is 0.333. The van der Waals surface area contributed by atoms with Crippen molar-refractivity contribution >= 4 is 17.6 Å². The summed E-state index contributed by atoms with van der Waals surface area (Å²) in [6.07, 6.45) is 6.13. The molecule has 90 valence electrons. The Balaban J connectivity index is 1.99. The van der Waals surface area contributed by atoms with Crippen molar-refractivity contribution in [3.8, 4) is 0 Å². The molecule has 2 rings (SSSR count). The summed E-state index contributed by atoms with van der Waals surface area (Å²) in [5.41, 5.74) is 1.17. The number of nitrogens with one attached hydrogen (secondary N) is 1. The normalized spacial score (nSPS) is 10.4. The van der Waals surface area contributed by atoms with Crippen LogP contribution in [0.1, 0.15) is 18.9 Å². The second kappa shape index (κ2) is 6.30. The lowest BCUT2D eigenvalue weighted by Gasteiger charge is -2.08. The van der Waals surface area contributed by atoms with Gasteiger partial charge in [0.25, 0.3) is 5.22 Å². The number of nitrogens with zero attached hydrogens (tertiary/aromatic N) is 2. The predicted octanol–water partition coefficient (Wildman–Crippen LogP) is 3.18. The molecule has 0 aliphatic carbocycles. The Morgan fingerprint density at radius 3 is 3.06 bits per heavy atom. The number of anilines is 1. The standard InChI is InChI=1S/C12H15N3OS/c1-2-5-13-11-10(4-3-6-14-11)9-17-12-15-7-8-16-12/h3-4,6-8H,2,5,9H2,1H3,(H,13,14). The Labute approximate surface area is 105 Å². The molecule has 0 saturated carbocycles. The lowest BCUT2D eigenvalue weighted by Crippen LogP contribution is -2.04. The van der Waals surface area contributed by atoms with Gasteiger partial charge in [-0.25, -0.2) is 9.97 Å². The van der Waals surface area contributed by atoms with Crippen LogP contribution in [0.4, 0.5) is 5.82 Å². The summed E-state index contributed by atoms with van der Waals surface area (Å²) in [7, 11) is 0. The molecule has 2 heterocycles. The summed E-state index contributed by atoms with van der Waals surface area (Å²) >= 11 is 1.57. The van der Waals surface area contributed by atoms with Gasteiger partial charge < -0.3 is 9.73 Å². The third-order valence-electron chi connectivity index (χ3n) is 2.19. The van der Waals surface area contributed by atoms with Gasteiger partial charge in [0.05, 0.1) is 6.20 Å². The van der Waals surface area contributed by atoms with Gasteiger partial charge in [0.1, 0.15) is 12.1 Å². The smallest absolute Gasteiger partial charge is 0.255 e. The maximum absolute atomic E-state index is 5.19. The van der Waals surface area contributed by atoms with Gasteiger partial charge in [-0.15, -0.1) is 0 Å². The number of aromatic nitrogens is 2. The third kappa shape index (κ3) is 3.49. The highest BCUT2D eigenvalue weighted by Gasteiger charge is 2.05. The van der Waals surface area contributed by atoms with Crippen LogP contribution < -0.4 is 5.32 Å². The summed E-state index contributed by atoms with van der Waals surface area (Å²) in [5, 5.41) is 4.01. The molecule has 0 aliphatic heterocycles. The van der Waals surface area contributed by atoms with Crippen LogP contribution in [0, 0.1) is 0 Å². The van der Waals surface area contributed by atoms with Gasteiger partial charge in [-0.1, -0.05) is 24.8 Å². The molecule has 0 spiro atoms. The molecule has 0 aromatic carbocycles. The molecule has 0 aliphatic rings. The van der Waals surface area contributed by atoms with Crippen molar-refractivity contribution in [3.63, 3.8) is 0 Å². The van der Waals surface area contributed by atoms with E-state index < -0.39 is 0 Å². The summed E-state index contributed by atoms with van der Waals surface area (Å²) in [5.74, 6) is 1.76. The maximum Gasteiger partial charge on any atom is 0.255 e. The second-order valence-corrected chi connectivity index (χ2v) is 4.45. The first kappa shape index (κ1) is 12.0. The van der Waals surface area contributed by atoms with E-state index in [0.717, 1.165) is 24.5 Å². The van der Waals surface area contributed by atoms with Gasteiger partial charge in [0.2, 0.25) is 0 Å². The summed E-state index contributed by atoms with van der Waals surface area (Å²) in [6.45, 7) is 3.07. The summed E-state index contributed by atoms with van der Waals surface area (Å²) in [4.78, 5) is 8.42. The molecule has 0 amide bonds. The van der Waals surface area contributed by atoms with Crippen LogP contribution in [0.3, 0.4) is 0 Å². The molecule has 2 aromatic heterocycles. The van der Waals surface area contributed by atoms with E-state index in [4.69, 9.17) is 4.42 Å². The van der Waals surface area contributed by atoms with E-state index in [1.54, 1.807) is 30.4 Å². The van der Waals surface area contributed by atoms with Crippen molar-refractivity contribution < 1.29 is 4.42 Å². The number of thioether (sulfide) groups is 1. The Bertz CT molecular complexity index is 445. The van der Waals surface area contributed by atoms with Crippen molar-refractivity contribution in [2.24, 2.45) is 0 Å². The van der Waals surface area contributed by atoms with Gasteiger partial charge >= 0.3 is 0 Å².